The van der Waals surface area contributed by atoms with Gasteiger partial charge in [0.15, 0.2) is 0 Å². The molecule has 0 rings (SSSR count). The molecule has 18 heavy (non-hydrogen) atoms. The highest BCUT2D eigenvalue weighted by Gasteiger charge is 2.66. The molecule has 0 heterocycles. The topological polar surface area (TPSA) is 27.7 Å². The van der Waals surface area contributed by atoms with Crippen LogP contribution in [0.3, 0.4) is 0 Å². The molecule has 0 N–H and O–H groups in total. The third kappa shape index (κ3) is 5.22. The second-order valence-electron chi connectivity index (χ2n) is 2.58. The van der Waals surface area contributed by atoms with Crippen LogP contribution in [0.15, 0.2) is 0 Å². The lowest BCUT2D eigenvalue weighted by Gasteiger charge is -2.27. The van der Waals surface area contributed by atoms with E-state index in [0.717, 1.165) is 0 Å². The molecule has 0 aromatic heterocycles. The fourth-order valence-corrected chi connectivity index (χ4v) is 0.481. The van der Waals surface area contributed by atoms with Crippen LogP contribution in [0, 0.1) is 0 Å². The average molecular weight is 300 g/mol. The van der Waals surface area contributed by atoms with Crippen LogP contribution in [0.5, 0.6) is 0 Å². The van der Waals surface area contributed by atoms with Crippen molar-refractivity contribution in [3.05, 3.63) is 0 Å². The van der Waals surface area contributed by atoms with Gasteiger partial charge in [0.25, 0.3) is 0 Å². The molecule has 0 aromatic rings. The molecular formula is C5H2F10O3. The third-order valence-electron chi connectivity index (χ3n) is 1.09. The minimum atomic E-state index is -6.27. The van der Waals surface area contributed by atoms with Crippen LogP contribution >= 0.6 is 0 Å². The van der Waals surface area contributed by atoms with Crippen molar-refractivity contribution in [2.45, 2.75) is 24.7 Å². The first kappa shape index (κ1) is 17.2. The molecule has 0 saturated heterocycles. The Morgan fingerprint density at radius 2 is 1.17 bits per heavy atom. The Hall–Kier alpha value is -0.820. The van der Waals surface area contributed by atoms with Gasteiger partial charge in [-0.1, -0.05) is 4.94 Å². The Morgan fingerprint density at radius 3 is 1.50 bits per heavy atom. The van der Waals surface area contributed by atoms with Gasteiger partial charge in [0.2, 0.25) is 0 Å². The monoisotopic (exact) mass is 300 g/mol. The summed E-state index contributed by atoms with van der Waals surface area (Å²) in [5, 5.41) is 0. The van der Waals surface area contributed by atoms with E-state index in [1.165, 1.54) is 4.94 Å². The average Bonchev–Trinajstić information content (AvgIpc) is 2.12. The Balaban J connectivity index is 4.75. The van der Waals surface area contributed by atoms with E-state index in [0.29, 0.717) is 0 Å². The molecule has 0 fully saturated rings. The molecule has 0 atom stereocenters. The van der Waals surface area contributed by atoms with Gasteiger partial charge in [-0.3, -0.25) is 0 Å². The van der Waals surface area contributed by atoms with Gasteiger partial charge in [0.1, 0.15) is 6.61 Å². The van der Waals surface area contributed by atoms with Gasteiger partial charge in [-0.15, -0.1) is 8.78 Å². The number of halogens is 10. The standard InChI is InChI=1S/C5H2F10O3/c6-2(7,8)1-16-3(9,10)4(11,12)17-5(13,14)18-15/h1H2. The van der Waals surface area contributed by atoms with Gasteiger partial charge < -0.3 is 4.74 Å². The first-order chi connectivity index (χ1) is 7.72. The summed E-state index contributed by atoms with van der Waals surface area (Å²) in [4.78, 5) is 1.47. The summed E-state index contributed by atoms with van der Waals surface area (Å²) >= 11 is 0. The van der Waals surface area contributed by atoms with Crippen LogP contribution < -0.4 is 0 Å². The Bertz CT molecular complexity index is 273. The molecule has 3 nitrogen and oxygen atoms in total. The second-order valence-corrected chi connectivity index (χ2v) is 2.58. The van der Waals surface area contributed by atoms with Crippen molar-refractivity contribution in [1.82, 2.24) is 0 Å². The van der Waals surface area contributed by atoms with E-state index in [4.69, 9.17) is 0 Å². The number of ether oxygens (including phenoxy) is 2. The Kier molecular flexibility index (Phi) is 4.82. The van der Waals surface area contributed by atoms with Crippen LogP contribution in [0.1, 0.15) is 0 Å². The Labute approximate surface area is 91.1 Å². The summed E-state index contributed by atoms with van der Waals surface area (Å²) in [6.45, 7) is -2.87. The first-order valence-corrected chi connectivity index (χ1v) is 3.56. The van der Waals surface area contributed by atoms with Crippen molar-refractivity contribution in [3.8, 4) is 0 Å². The lowest BCUT2D eigenvalue weighted by Crippen LogP contribution is -2.50. The minimum Gasteiger partial charge on any atom is -0.304 e. The maximum absolute atomic E-state index is 12.3. The van der Waals surface area contributed by atoms with E-state index >= 15 is 0 Å². The molecule has 0 aliphatic heterocycles. The molecule has 0 spiro atoms. The zero-order valence-electron chi connectivity index (χ0n) is 7.71. The fraction of sp³-hybridized carbons (Fsp3) is 1.00. The van der Waals surface area contributed by atoms with Crippen molar-refractivity contribution in [2.75, 3.05) is 6.61 Å². The highest BCUT2D eigenvalue weighted by atomic mass is 19.4. The molecule has 0 amide bonds. The molecule has 0 saturated carbocycles. The maximum Gasteiger partial charge on any atom is 0.521 e. The smallest absolute Gasteiger partial charge is 0.304 e. The molecule has 0 aliphatic rings. The van der Waals surface area contributed by atoms with Crippen LogP contribution in [-0.4, -0.2) is 31.3 Å². The van der Waals surface area contributed by atoms with Gasteiger partial charge in [-0.2, -0.15) is 30.7 Å². The van der Waals surface area contributed by atoms with Crippen LogP contribution in [0.25, 0.3) is 0 Å². The summed E-state index contributed by atoms with van der Waals surface area (Å²) < 4.78 is 122. The predicted molar refractivity (Wildman–Crippen MR) is 30.1 cm³/mol. The van der Waals surface area contributed by atoms with Gasteiger partial charge >= 0.3 is 24.7 Å². The molecule has 13 heteroatoms. The SMILES string of the molecule is FOC(F)(F)OC(F)(F)C(F)(F)OCC(F)(F)F. The quantitative estimate of drug-likeness (QED) is 0.557. The number of hydrogen-bond donors (Lipinski definition) is 0. The fourth-order valence-electron chi connectivity index (χ4n) is 0.481. The third-order valence-corrected chi connectivity index (χ3v) is 1.09. The highest BCUT2D eigenvalue weighted by Crippen LogP contribution is 2.41. The van der Waals surface area contributed by atoms with E-state index in [1.54, 1.807) is 0 Å². The molecule has 0 aliphatic carbocycles. The van der Waals surface area contributed by atoms with E-state index in [-0.39, 0.29) is 0 Å². The highest BCUT2D eigenvalue weighted by molar-refractivity contribution is 4.68. The van der Waals surface area contributed by atoms with Gasteiger partial charge in [-0.25, -0.2) is 4.74 Å². The second kappa shape index (κ2) is 5.05. The van der Waals surface area contributed by atoms with Gasteiger partial charge in [0.05, 0.1) is 0 Å². The van der Waals surface area contributed by atoms with E-state index in [1.807, 2.05) is 4.74 Å². The number of rotatable bonds is 6. The van der Waals surface area contributed by atoms with Crippen molar-refractivity contribution in [2.24, 2.45) is 0 Å². The molecule has 0 aromatic carbocycles. The van der Waals surface area contributed by atoms with Crippen molar-refractivity contribution < 1.29 is 58.5 Å². The molecule has 0 bridgehead atoms. The van der Waals surface area contributed by atoms with Crippen molar-refractivity contribution in [1.29, 1.82) is 0 Å². The van der Waals surface area contributed by atoms with Crippen molar-refractivity contribution in [3.63, 3.8) is 0 Å². The van der Waals surface area contributed by atoms with Crippen molar-refractivity contribution >= 4 is 0 Å². The molecular weight excluding hydrogens is 298 g/mol. The molecule has 110 valence electrons. The summed E-state index contributed by atoms with van der Waals surface area (Å²) in [6.07, 6.45) is -23.6. The minimum absolute atomic E-state index is 1.47. The Morgan fingerprint density at radius 1 is 0.722 bits per heavy atom. The summed E-state index contributed by atoms with van der Waals surface area (Å²) in [5.74, 6) is 0. The van der Waals surface area contributed by atoms with Crippen LogP contribution in [-0.2, 0) is 14.4 Å². The summed E-state index contributed by atoms with van der Waals surface area (Å²) in [5.41, 5.74) is 0. The number of alkyl halides is 9. The first-order valence-electron chi connectivity index (χ1n) is 3.56. The largest absolute Gasteiger partial charge is 0.521 e. The molecule has 0 unspecified atom stereocenters. The lowest BCUT2D eigenvalue weighted by molar-refractivity contribution is -0.557. The molecule has 0 radical (unpaired) electrons. The van der Waals surface area contributed by atoms with Gasteiger partial charge in [0, 0.05) is 0 Å². The zero-order valence-corrected chi connectivity index (χ0v) is 7.71. The van der Waals surface area contributed by atoms with Gasteiger partial charge in [-0.05, 0) is 4.53 Å². The van der Waals surface area contributed by atoms with Crippen LogP contribution in [0.4, 0.5) is 44.0 Å². The summed E-state index contributed by atoms with van der Waals surface area (Å²) in [7, 11) is 0. The maximum atomic E-state index is 12.3. The van der Waals surface area contributed by atoms with E-state index in [9.17, 15) is 44.0 Å². The van der Waals surface area contributed by atoms with Crippen LogP contribution in [0.2, 0.25) is 0 Å². The summed E-state index contributed by atoms with van der Waals surface area (Å²) in [6, 6.07) is 0. The van der Waals surface area contributed by atoms with E-state index in [2.05, 4.69) is 4.74 Å². The lowest BCUT2D eigenvalue weighted by atomic mass is 10.5. The zero-order chi connectivity index (χ0) is 14.8. The normalized spacial score (nSPS) is 15.0. The predicted octanol–water partition coefficient (Wildman–Crippen LogP) is 3.22. The van der Waals surface area contributed by atoms with E-state index < -0.39 is 31.3 Å². The number of hydrogen-bond acceptors (Lipinski definition) is 3.